The number of ether oxygens (including phenoxy) is 1. The van der Waals surface area contributed by atoms with Crippen LogP contribution >= 0.6 is 0 Å². The van der Waals surface area contributed by atoms with Crippen molar-refractivity contribution < 1.29 is 50.4 Å². The molecule has 1 unspecified atom stereocenters. The average molecular weight is 457 g/mol. The van der Waals surface area contributed by atoms with Crippen LogP contribution in [0, 0.1) is 0 Å². The molecule has 0 aliphatic carbocycles. The van der Waals surface area contributed by atoms with Crippen LogP contribution in [0.1, 0.15) is 27.6 Å². The molecule has 1 aliphatic rings. The maximum atomic E-state index is 12.8. The van der Waals surface area contributed by atoms with E-state index >= 15 is 0 Å². The third kappa shape index (κ3) is 3.87. The van der Waals surface area contributed by atoms with E-state index in [0.29, 0.717) is 0 Å². The lowest BCUT2D eigenvalue weighted by Gasteiger charge is -2.35. The fourth-order valence-electron chi connectivity index (χ4n) is 3.68. The predicted molar refractivity (Wildman–Crippen MR) is 111 cm³/mol. The molecule has 0 saturated heterocycles. The molecule has 3 aromatic rings. The molecule has 2 atom stereocenters. The summed E-state index contributed by atoms with van der Waals surface area (Å²) in [6.45, 7) is 0. The normalized spacial score (nSPS) is 17.1. The van der Waals surface area contributed by atoms with Gasteiger partial charge in [-0.05, 0) is 24.3 Å². The first-order valence-electron chi connectivity index (χ1n) is 9.57. The Morgan fingerprint density at radius 1 is 0.758 bits per heavy atom. The third-order valence-electron chi connectivity index (χ3n) is 5.28. The lowest BCUT2D eigenvalue weighted by atomic mass is 9.91. The van der Waals surface area contributed by atoms with Crippen molar-refractivity contribution in [1.29, 1.82) is 0 Å². The summed E-state index contributed by atoms with van der Waals surface area (Å²) in [7, 11) is 0. The lowest BCUT2D eigenvalue weighted by molar-refractivity contribution is 0.0836. The van der Waals surface area contributed by atoms with Crippen LogP contribution < -0.4 is 10.1 Å². The summed E-state index contributed by atoms with van der Waals surface area (Å²) in [4.78, 5) is 12.8. The standard InChI is InChI=1S/C22H19NO10/c24-10-5-13(25)11-7-12(23-22(32)9-3-16(28)20(31)17(29)4-9)21(33-18(11)6-10)8-1-14(26)19(30)15(27)2-8/h1-6,12,21,24-31H,7H2,(H,23,32)/t12?,21-/m1/s1. The number of phenols is 8. The van der Waals surface area contributed by atoms with Crippen LogP contribution in [0.4, 0.5) is 0 Å². The summed E-state index contributed by atoms with van der Waals surface area (Å²) in [5.74, 6) is -5.53. The molecular weight excluding hydrogens is 438 g/mol. The zero-order chi connectivity index (χ0) is 24.0. The van der Waals surface area contributed by atoms with E-state index in [1.807, 2.05) is 0 Å². The molecule has 9 N–H and O–H groups in total. The highest BCUT2D eigenvalue weighted by molar-refractivity contribution is 5.95. The van der Waals surface area contributed by atoms with Gasteiger partial charge in [-0.25, -0.2) is 0 Å². The highest BCUT2D eigenvalue weighted by Gasteiger charge is 2.35. The molecule has 1 amide bonds. The zero-order valence-corrected chi connectivity index (χ0v) is 16.7. The number of carbonyl (C=O) groups is 1. The molecule has 11 nitrogen and oxygen atoms in total. The molecule has 1 aliphatic heterocycles. The van der Waals surface area contributed by atoms with Gasteiger partial charge >= 0.3 is 0 Å². The average Bonchev–Trinajstić information content (AvgIpc) is 2.75. The molecule has 0 fully saturated rings. The van der Waals surface area contributed by atoms with Crippen LogP contribution in [-0.2, 0) is 6.42 Å². The summed E-state index contributed by atoms with van der Waals surface area (Å²) in [5.41, 5.74) is 0.217. The van der Waals surface area contributed by atoms with Crippen LogP contribution in [0.2, 0.25) is 0 Å². The largest absolute Gasteiger partial charge is 0.508 e. The van der Waals surface area contributed by atoms with E-state index in [0.717, 1.165) is 30.3 Å². The van der Waals surface area contributed by atoms with Gasteiger partial charge < -0.3 is 50.9 Å². The van der Waals surface area contributed by atoms with Gasteiger partial charge in [-0.2, -0.15) is 0 Å². The Kier molecular flexibility index (Phi) is 5.09. The van der Waals surface area contributed by atoms with Gasteiger partial charge in [0.25, 0.3) is 5.91 Å². The van der Waals surface area contributed by atoms with E-state index in [9.17, 15) is 45.6 Å². The van der Waals surface area contributed by atoms with Crippen LogP contribution in [-0.4, -0.2) is 52.8 Å². The highest BCUT2D eigenvalue weighted by atomic mass is 16.5. The fourth-order valence-corrected chi connectivity index (χ4v) is 3.68. The fraction of sp³-hybridized carbons (Fsp3) is 0.136. The van der Waals surface area contributed by atoms with Crippen molar-refractivity contribution in [2.24, 2.45) is 0 Å². The first-order chi connectivity index (χ1) is 15.5. The maximum absolute atomic E-state index is 12.8. The molecule has 0 saturated carbocycles. The molecule has 0 aromatic heterocycles. The smallest absolute Gasteiger partial charge is 0.251 e. The van der Waals surface area contributed by atoms with Crippen LogP contribution in [0.25, 0.3) is 0 Å². The van der Waals surface area contributed by atoms with Gasteiger partial charge in [0.2, 0.25) is 0 Å². The van der Waals surface area contributed by atoms with Crippen molar-refractivity contribution in [2.45, 2.75) is 18.6 Å². The van der Waals surface area contributed by atoms with E-state index in [1.165, 1.54) is 6.07 Å². The third-order valence-corrected chi connectivity index (χ3v) is 5.28. The number of phenolic OH excluding ortho intramolecular Hbond substituents is 8. The summed E-state index contributed by atoms with van der Waals surface area (Å²) in [6, 6.07) is 5.51. The van der Waals surface area contributed by atoms with E-state index in [4.69, 9.17) is 4.74 Å². The van der Waals surface area contributed by atoms with Gasteiger partial charge in [0.1, 0.15) is 23.4 Å². The van der Waals surface area contributed by atoms with Crippen molar-refractivity contribution in [1.82, 2.24) is 5.32 Å². The zero-order valence-electron chi connectivity index (χ0n) is 16.7. The number of carbonyl (C=O) groups excluding carboxylic acids is 1. The van der Waals surface area contributed by atoms with Gasteiger partial charge in [0, 0.05) is 35.2 Å². The van der Waals surface area contributed by atoms with Gasteiger partial charge in [-0.1, -0.05) is 0 Å². The molecule has 3 aromatic carbocycles. The molecule has 0 spiro atoms. The predicted octanol–water partition coefficient (Wildman–Crippen LogP) is 1.81. The molecule has 33 heavy (non-hydrogen) atoms. The monoisotopic (exact) mass is 457 g/mol. The van der Waals surface area contributed by atoms with Crippen molar-refractivity contribution in [3.05, 3.63) is 53.1 Å². The second-order valence-electron chi connectivity index (χ2n) is 7.53. The van der Waals surface area contributed by atoms with E-state index < -0.39 is 52.6 Å². The number of nitrogens with one attached hydrogen (secondary N) is 1. The maximum Gasteiger partial charge on any atom is 0.251 e. The number of aromatic hydroxyl groups is 8. The minimum Gasteiger partial charge on any atom is -0.508 e. The Labute approximate surface area is 185 Å². The van der Waals surface area contributed by atoms with E-state index in [-0.39, 0.29) is 40.4 Å². The topological polar surface area (TPSA) is 200 Å². The minimum atomic E-state index is -1.07. The molecular formula is C22H19NO10. The highest BCUT2D eigenvalue weighted by Crippen LogP contribution is 2.45. The van der Waals surface area contributed by atoms with Crippen molar-refractivity contribution >= 4 is 5.91 Å². The second-order valence-corrected chi connectivity index (χ2v) is 7.53. The summed E-state index contributed by atoms with van der Waals surface area (Å²) < 4.78 is 5.87. The van der Waals surface area contributed by atoms with E-state index in [1.54, 1.807) is 0 Å². The summed E-state index contributed by atoms with van der Waals surface area (Å²) in [6.07, 6.45) is -1.09. The number of hydrogen-bond acceptors (Lipinski definition) is 10. The summed E-state index contributed by atoms with van der Waals surface area (Å²) >= 11 is 0. The Balaban J connectivity index is 1.75. The first kappa shape index (κ1) is 21.6. The number of hydrogen-bond donors (Lipinski definition) is 9. The quantitative estimate of drug-likeness (QED) is 0.261. The van der Waals surface area contributed by atoms with Crippen LogP contribution in [0.3, 0.4) is 0 Å². The Hall–Kier alpha value is -4.67. The molecule has 0 radical (unpaired) electrons. The Morgan fingerprint density at radius 2 is 1.30 bits per heavy atom. The minimum absolute atomic E-state index is 0.0176. The number of amides is 1. The Morgan fingerprint density at radius 3 is 1.88 bits per heavy atom. The Bertz CT molecular complexity index is 1230. The summed E-state index contributed by atoms with van der Waals surface area (Å²) in [5, 5.41) is 81.0. The van der Waals surface area contributed by atoms with E-state index in [2.05, 4.69) is 5.32 Å². The van der Waals surface area contributed by atoms with Crippen molar-refractivity contribution in [2.75, 3.05) is 0 Å². The van der Waals surface area contributed by atoms with Crippen LogP contribution in [0.15, 0.2) is 36.4 Å². The molecule has 0 bridgehead atoms. The van der Waals surface area contributed by atoms with Gasteiger partial charge in [0.15, 0.2) is 34.5 Å². The molecule has 172 valence electrons. The molecule has 11 heteroatoms. The van der Waals surface area contributed by atoms with Gasteiger partial charge in [-0.3, -0.25) is 4.79 Å². The van der Waals surface area contributed by atoms with Crippen molar-refractivity contribution in [3.63, 3.8) is 0 Å². The lowest BCUT2D eigenvalue weighted by Crippen LogP contribution is -2.45. The molecule has 1 heterocycles. The number of fused-ring (bicyclic) bond motifs is 1. The van der Waals surface area contributed by atoms with Crippen LogP contribution in [0.5, 0.6) is 51.7 Å². The number of rotatable bonds is 3. The molecule has 4 rings (SSSR count). The SMILES string of the molecule is O=C(NC1Cc2c(O)cc(O)cc2O[C@@H]1c1cc(O)c(O)c(O)c1)c1cc(O)c(O)c(O)c1. The van der Waals surface area contributed by atoms with Gasteiger partial charge in [0.05, 0.1) is 6.04 Å². The van der Waals surface area contributed by atoms with Crippen molar-refractivity contribution in [3.8, 4) is 51.7 Å². The number of benzene rings is 3. The second kappa shape index (κ2) is 7.79. The van der Waals surface area contributed by atoms with Gasteiger partial charge in [-0.15, -0.1) is 0 Å². The first-order valence-corrected chi connectivity index (χ1v) is 9.57.